The first-order valence-corrected chi connectivity index (χ1v) is 15.5. The van der Waals surface area contributed by atoms with Gasteiger partial charge < -0.3 is 19.9 Å². The first-order chi connectivity index (χ1) is 20.0. The molecule has 0 radical (unpaired) electrons. The number of rotatable bonds is 10. The maximum atomic E-state index is 13.4. The fourth-order valence-corrected chi connectivity index (χ4v) is 8.81. The second-order valence-electron chi connectivity index (χ2n) is 13.4. The fraction of sp³-hybridized carbons (Fsp3) is 0.647. The van der Waals surface area contributed by atoms with Crippen molar-refractivity contribution in [2.45, 2.75) is 90.1 Å². The highest BCUT2D eigenvalue weighted by atomic mass is 16.5. The van der Waals surface area contributed by atoms with E-state index < -0.39 is 29.4 Å². The summed E-state index contributed by atoms with van der Waals surface area (Å²) >= 11 is 0. The van der Waals surface area contributed by atoms with Gasteiger partial charge in [-0.05, 0) is 98.3 Å². The van der Waals surface area contributed by atoms with Crippen molar-refractivity contribution < 1.29 is 33.8 Å². The van der Waals surface area contributed by atoms with E-state index in [1.807, 2.05) is 30.3 Å². The predicted octanol–water partition coefficient (Wildman–Crippen LogP) is 4.51. The summed E-state index contributed by atoms with van der Waals surface area (Å²) in [6.45, 7) is 4.34. The summed E-state index contributed by atoms with van der Waals surface area (Å²) in [6.07, 6.45) is 8.60. The molecule has 3 saturated carbocycles. The summed E-state index contributed by atoms with van der Waals surface area (Å²) < 4.78 is 10.4. The maximum Gasteiger partial charge on any atom is 0.306 e. The molecule has 0 unspecified atom stereocenters. The minimum absolute atomic E-state index is 0.0242. The van der Waals surface area contributed by atoms with Crippen molar-refractivity contribution >= 4 is 23.4 Å². The zero-order valence-corrected chi connectivity index (χ0v) is 25.2. The Kier molecular flexibility index (Phi) is 8.66. The lowest BCUT2D eigenvalue weighted by molar-refractivity contribution is -0.170. The number of benzene rings is 1. The highest BCUT2D eigenvalue weighted by Gasteiger charge is 2.66. The molecule has 0 aliphatic heterocycles. The second kappa shape index (κ2) is 11.9. The smallest absolute Gasteiger partial charge is 0.306 e. The van der Waals surface area contributed by atoms with Gasteiger partial charge in [0.15, 0.2) is 12.4 Å². The molecule has 228 valence electrons. The number of aliphatic hydroxyl groups is 1. The van der Waals surface area contributed by atoms with Gasteiger partial charge in [-0.3, -0.25) is 19.2 Å². The van der Waals surface area contributed by atoms with Crippen LogP contribution in [0.25, 0.3) is 0 Å². The molecule has 0 spiro atoms. The number of hydrogen-bond donors (Lipinski definition) is 2. The molecule has 0 aromatic heterocycles. The number of nitrogens with one attached hydrogen (secondary N) is 1. The van der Waals surface area contributed by atoms with Crippen LogP contribution in [-0.4, -0.2) is 54.4 Å². The van der Waals surface area contributed by atoms with Gasteiger partial charge >= 0.3 is 5.97 Å². The Bertz CT molecular complexity index is 1250. The van der Waals surface area contributed by atoms with Crippen LogP contribution < -0.4 is 10.1 Å². The van der Waals surface area contributed by atoms with Crippen LogP contribution in [0, 0.1) is 28.6 Å². The highest BCUT2D eigenvalue weighted by Crippen LogP contribution is 2.67. The number of fused-ring (bicyclic) bond motifs is 5. The van der Waals surface area contributed by atoms with Crippen LogP contribution in [-0.2, 0) is 30.3 Å². The number of ketones is 2. The van der Waals surface area contributed by atoms with Crippen molar-refractivity contribution in [2.75, 3.05) is 20.3 Å². The SMILES string of the molecule is COc1ccc(CCNC(=O)CCC(=O)OCC(=O)[C@@]2(O)CC[C@@H]3[C@@H]4CCC5=CC(=O)CC[C@]5(C)[C@@H]4CC[C@]32C)cc1. The van der Waals surface area contributed by atoms with Gasteiger partial charge in [-0.25, -0.2) is 0 Å². The number of allylic oxidation sites excluding steroid dienone is 1. The molecule has 4 aliphatic carbocycles. The third-order valence-electron chi connectivity index (χ3n) is 11.4. The van der Waals surface area contributed by atoms with Gasteiger partial charge in [0.05, 0.1) is 13.5 Å². The van der Waals surface area contributed by atoms with Crippen LogP contribution in [0.2, 0.25) is 0 Å². The number of Topliss-reactive ketones (excluding diaryl/α,β-unsaturated/α-hetero) is 1. The lowest BCUT2D eigenvalue weighted by atomic mass is 9.46. The van der Waals surface area contributed by atoms with Crippen molar-refractivity contribution in [3.63, 3.8) is 0 Å². The van der Waals surface area contributed by atoms with Crippen LogP contribution >= 0.6 is 0 Å². The molecule has 1 amide bonds. The molecule has 3 fully saturated rings. The standard InChI is InChI=1S/C34H45NO7/c1-32-16-12-24(36)20-23(32)6-9-26-27(32)13-17-33(2)28(26)14-18-34(33,40)29(37)21-42-31(39)11-10-30(38)35-19-15-22-4-7-25(41-3)8-5-22/h4-5,7-8,20,26-28,40H,6,9-19,21H2,1-3H3,(H,35,38)/t26-,27-,28-,32+,33-,34+/m1/s1. The molecule has 1 aromatic rings. The Morgan fingerprint density at radius 2 is 1.71 bits per heavy atom. The van der Waals surface area contributed by atoms with E-state index in [0.29, 0.717) is 37.6 Å². The highest BCUT2D eigenvalue weighted by molar-refractivity contribution is 5.92. The number of ether oxygens (including phenoxy) is 2. The van der Waals surface area contributed by atoms with Crippen LogP contribution in [0.1, 0.15) is 83.6 Å². The van der Waals surface area contributed by atoms with E-state index >= 15 is 0 Å². The number of carbonyl (C=O) groups is 4. The first kappa shape index (κ1) is 30.5. The number of carbonyl (C=O) groups excluding carboxylic acids is 4. The zero-order valence-electron chi connectivity index (χ0n) is 25.2. The molecule has 42 heavy (non-hydrogen) atoms. The summed E-state index contributed by atoms with van der Waals surface area (Å²) in [6, 6.07) is 7.61. The third-order valence-corrected chi connectivity index (χ3v) is 11.4. The van der Waals surface area contributed by atoms with E-state index in [1.54, 1.807) is 7.11 Å². The molecule has 4 aliphatic rings. The Balaban J connectivity index is 1.09. The van der Waals surface area contributed by atoms with Crippen LogP contribution in [0.5, 0.6) is 5.75 Å². The van der Waals surface area contributed by atoms with Crippen LogP contribution in [0.4, 0.5) is 0 Å². The Hall–Kier alpha value is -3.00. The predicted molar refractivity (Wildman–Crippen MR) is 157 cm³/mol. The molecule has 0 bridgehead atoms. The second-order valence-corrected chi connectivity index (χ2v) is 13.4. The average Bonchev–Trinajstić information content (AvgIpc) is 3.26. The monoisotopic (exact) mass is 579 g/mol. The van der Waals surface area contributed by atoms with E-state index in [-0.39, 0.29) is 35.9 Å². The molecule has 0 heterocycles. The molecule has 5 rings (SSSR count). The van der Waals surface area contributed by atoms with Gasteiger partial charge in [-0.15, -0.1) is 0 Å². The van der Waals surface area contributed by atoms with Crippen molar-refractivity contribution in [2.24, 2.45) is 28.6 Å². The Morgan fingerprint density at radius 3 is 2.45 bits per heavy atom. The fourth-order valence-electron chi connectivity index (χ4n) is 8.81. The van der Waals surface area contributed by atoms with Gasteiger partial charge in [0.1, 0.15) is 11.4 Å². The van der Waals surface area contributed by atoms with E-state index in [4.69, 9.17) is 9.47 Å². The molecule has 0 saturated heterocycles. The Morgan fingerprint density at radius 1 is 0.976 bits per heavy atom. The minimum Gasteiger partial charge on any atom is -0.497 e. The van der Waals surface area contributed by atoms with Gasteiger partial charge in [-0.2, -0.15) is 0 Å². The number of methoxy groups -OCH3 is 1. The molecular formula is C34H45NO7. The van der Waals surface area contributed by atoms with Gasteiger partial charge in [-0.1, -0.05) is 31.6 Å². The summed E-state index contributed by atoms with van der Waals surface area (Å²) in [5.41, 5.74) is 0.296. The summed E-state index contributed by atoms with van der Waals surface area (Å²) in [5, 5.41) is 14.6. The number of esters is 1. The topological polar surface area (TPSA) is 119 Å². The number of amides is 1. The van der Waals surface area contributed by atoms with Crippen LogP contribution in [0.15, 0.2) is 35.9 Å². The van der Waals surface area contributed by atoms with E-state index in [1.165, 1.54) is 5.57 Å². The molecule has 2 N–H and O–H groups in total. The first-order valence-electron chi connectivity index (χ1n) is 15.5. The molecule has 8 heteroatoms. The number of hydrogen-bond acceptors (Lipinski definition) is 7. The minimum atomic E-state index is -1.53. The quantitative estimate of drug-likeness (QED) is 0.392. The van der Waals surface area contributed by atoms with E-state index in [0.717, 1.165) is 49.8 Å². The zero-order chi connectivity index (χ0) is 30.1. The summed E-state index contributed by atoms with van der Waals surface area (Å²) in [7, 11) is 1.61. The Labute approximate surface area is 248 Å². The van der Waals surface area contributed by atoms with E-state index in [9.17, 15) is 24.3 Å². The van der Waals surface area contributed by atoms with Crippen molar-refractivity contribution in [3.8, 4) is 5.75 Å². The molecule has 1 aromatic carbocycles. The van der Waals surface area contributed by atoms with Crippen molar-refractivity contribution in [1.82, 2.24) is 5.32 Å². The van der Waals surface area contributed by atoms with Crippen molar-refractivity contribution in [1.29, 1.82) is 0 Å². The maximum absolute atomic E-state index is 13.4. The largest absolute Gasteiger partial charge is 0.497 e. The summed E-state index contributed by atoms with van der Waals surface area (Å²) in [5.74, 6) is 0.791. The summed E-state index contributed by atoms with van der Waals surface area (Å²) in [4.78, 5) is 50.1. The van der Waals surface area contributed by atoms with Crippen LogP contribution in [0.3, 0.4) is 0 Å². The average molecular weight is 580 g/mol. The third kappa shape index (κ3) is 5.54. The van der Waals surface area contributed by atoms with Gasteiger partial charge in [0, 0.05) is 24.8 Å². The van der Waals surface area contributed by atoms with Gasteiger partial charge in [0.25, 0.3) is 0 Å². The molecule has 8 nitrogen and oxygen atoms in total. The van der Waals surface area contributed by atoms with E-state index in [2.05, 4.69) is 19.2 Å². The van der Waals surface area contributed by atoms with Crippen molar-refractivity contribution in [3.05, 3.63) is 41.5 Å². The normalized spacial score (nSPS) is 33.5. The molecule has 6 atom stereocenters. The van der Waals surface area contributed by atoms with Gasteiger partial charge in [0.2, 0.25) is 11.7 Å². The lowest BCUT2D eigenvalue weighted by Gasteiger charge is -2.58. The lowest BCUT2D eigenvalue weighted by Crippen LogP contribution is -2.58. The molecular weight excluding hydrogens is 534 g/mol.